The second-order valence-electron chi connectivity index (χ2n) is 10.4. The van der Waals surface area contributed by atoms with Crippen LogP contribution in [0.15, 0.2) is 63.9 Å². The van der Waals surface area contributed by atoms with Crippen molar-refractivity contribution in [2.75, 3.05) is 6.26 Å². The number of rotatable bonds is 6. The smallest absolute Gasteiger partial charge is 0.440 e. The van der Waals surface area contributed by atoms with E-state index in [9.17, 15) is 35.5 Å². The third-order valence-corrected chi connectivity index (χ3v) is 8.26. The molecule has 6 rings (SSSR count). The molecule has 0 atom stereocenters. The molecule has 0 amide bonds. The highest BCUT2D eigenvalue weighted by Crippen LogP contribution is 2.45. The zero-order valence-corrected chi connectivity index (χ0v) is 24.7. The third-order valence-electron chi connectivity index (χ3n) is 7.10. The number of hydrogen-bond acceptors (Lipinski definition) is 8. The Bertz CT molecular complexity index is 2140. The minimum absolute atomic E-state index is 0.0111. The third kappa shape index (κ3) is 5.58. The lowest BCUT2D eigenvalue weighted by atomic mass is 9.97. The van der Waals surface area contributed by atoms with E-state index in [0.29, 0.717) is 0 Å². The van der Waals surface area contributed by atoms with Crippen molar-refractivity contribution in [1.29, 1.82) is 0 Å². The standard InChI is InChI=1S/C30H21F6N3O6S/c1-14-8-26(29(32,33)34)38-39(14)22-6-4-16(18-10-21(31)20(13-40)25(12-18)46(3,41)42)9-19(22)27-28(43-15(2)37-27)17-5-7-23-24(11-17)45-30(35,36)44-23/h4-12,40H,13H2,1-3H3. The molecule has 240 valence electrons. The molecule has 0 saturated carbocycles. The van der Waals surface area contributed by atoms with E-state index >= 15 is 4.39 Å². The van der Waals surface area contributed by atoms with E-state index in [4.69, 9.17) is 4.42 Å². The molecule has 0 bridgehead atoms. The predicted molar refractivity (Wildman–Crippen MR) is 150 cm³/mol. The Hall–Kier alpha value is -4.83. The number of halogens is 6. The van der Waals surface area contributed by atoms with E-state index in [1.54, 1.807) is 0 Å². The van der Waals surface area contributed by atoms with Gasteiger partial charge in [-0.2, -0.15) is 18.3 Å². The Morgan fingerprint density at radius 1 is 0.935 bits per heavy atom. The van der Waals surface area contributed by atoms with Crippen LogP contribution in [-0.2, 0) is 22.6 Å². The van der Waals surface area contributed by atoms with Crippen LogP contribution in [0.2, 0.25) is 0 Å². The first kappa shape index (κ1) is 31.2. The van der Waals surface area contributed by atoms with Gasteiger partial charge in [0.05, 0.1) is 17.2 Å². The van der Waals surface area contributed by atoms with Gasteiger partial charge in [-0.05, 0) is 66.6 Å². The van der Waals surface area contributed by atoms with Gasteiger partial charge in [0.25, 0.3) is 0 Å². The molecule has 0 saturated heterocycles. The lowest BCUT2D eigenvalue weighted by Crippen LogP contribution is -2.25. The van der Waals surface area contributed by atoms with Crippen LogP contribution >= 0.6 is 0 Å². The van der Waals surface area contributed by atoms with Crippen LogP contribution in [0.4, 0.5) is 26.3 Å². The minimum atomic E-state index is -4.77. The number of alkyl halides is 5. The van der Waals surface area contributed by atoms with Gasteiger partial charge in [0.2, 0.25) is 0 Å². The maximum Gasteiger partial charge on any atom is 0.586 e. The van der Waals surface area contributed by atoms with Crippen molar-refractivity contribution in [1.82, 2.24) is 14.8 Å². The molecule has 9 nitrogen and oxygen atoms in total. The molecule has 5 aromatic rings. The summed E-state index contributed by atoms with van der Waals surface area (Å²) in [5.41, 5.74) is -0.823. The second kappa shape index (κ2) is 10.6. The van der Waals surface area contributed by atoms with Crippen molar-refractivity contribution in [2.24, 2.45) is 0 Å². The molecule has 46 heavy (non-hydrogen) atoms. The van der Waals surface area contributed by atoms with Crippen molar-refractivity contribution in [2.45, 2.75) is 37.8 Å². The van der Waals surface area contributed by atoms with Crippen molar-refractivity contribution in [3.63, 3.8) is 0 Å². The molecule has 0 unspecified atom stereocenters. The normalized spacial score (nSPS) is 14.2. The summed E-state index contributed by atoms with van der Waals surface area (Å²) in [6.45, 7) is 2.00. The zero-order chi connectivity index (χ0) is 33.3. The molecule has 0 aliphatic carbocycles. The zero-order valence-electron chi connectivity index (χ0n) is 23.9. The number of aromatic nitrogens is 3. The second-order valence-corrected chi connectivity index (χ2v) is 12.4. The van der Waals surface area contributed by atoms with Gasteiger partial charge in [0, 0.05) is 35.6 Å². The van der Waals surface area contributed by atoms with Crippen molar-refractivity contribution in [3.8, 4) is 50.9 Å². The van der Waals surface area contributed by atoms with Crippen LogP contribution in [0.1, 0.15) is 22.8 Å². The molecule has 3 aromatic carbocycles. The summed E-state index contributed by atoms with van der Waals surface area (Å²) in [7, 11) is -4.01. The lowest BCUT2D eigenvalue weighted by molar-refractivity contribution is -0.286. The van der Waals surface area contributed by atoms with Crippen LogP contribution in [0.3, 0.4) is 0 Å². The van der Waals surface area contributed by atoms with Crippen LogP contribution < -0.4 is 9.47 Å². The van der Waals surface area contributed by atoms with Crippen molar-refractivity contribution < 1.29 is 53.8 Å². The summed E-state index contributed by atoms with van der Waals surface area (Å²) in [5, 5.41) is 13.4. The Morgan fingerprint density at radius 2 is 1.63 bits per heavy atom. The Labute approximate surface area is 256 Å². The summed E-state index contributed by atoms with van der Waals surface area (Å²) < 4.78 is 124. The van der Waals surface area contributed by atoms with Crippen LogP contribution in [-0.4, -0.2) is 40.8 Å². The Balaban J connectivity index is 1.60. The summed E-state index contributed by atoms with van der Waals surface area (Å²) in [6, 6.07) is 11.1. The van der Waals surface area contributed by atoms with Crippen LogP contribution in [0.5, 0.6) is 11.5 Å². The molecule has 0 radical (unpaired) electrons. The molecule has 2 aromatic heterocycles. The van der Waals surface area contributed by atoms with Gasteiger partial charge in [-0.3, -0.25) is 0 Å². The number of nitrogens with zero attached hydrogens (tertiary/aromatic N) is 3. The largest absolute Gasteiger partial charge is 0.586 e. The summed E-state index contributed by atoms with van der Waals surface area (Å²) in [4.78, 5) is 3.98. The van der Waals surface area contributed by atoms with Gasteiger partial charge in [-0.25, -0.2) is 22.5 Å². The van der Waals surface area contributed by atoms with Crippen LogP contribution in [0, 0.1) is 19.7 Å². The van der Waals surface area contributed by atoms with Crippen molar-refractivity contribution in [3.05, 3.63) is 83.3 Å². The molecule has 0 fully saturated rings. The average Bonchev–Trinajstić information content (AvgIpc) is 3.64. The molecular weight excluding hydrogens is 644 g/mol. The quantitative estimate of drug-likeness (QED) is 0.196. The van der Waals surface area contributed by atoms with Gasteiger partial charge >= 0.3 is 12.5 Å². The maximum absolute atomic E-state index is 15.1. The van der Waals surface area contributed by atoms with E-state index in [1.807, 2.05) is 0 Å². The number of benzene rings is 3. The number of sulfone groups is 1. The van der Waals surface area contributed by atoms with E-state index in [0.717, 1.165) is 29.1 Å². The van der Waals surface area contributed by atoms with E-state index in [-0.39, 0.29) is 62.5 Å². The number of hydrogen-bond donors (Lipinski definition) is 1. The summed E-state index contributed by atoms with van der Waals surface area (Å²) >= 11 is 0. The number of aliphatic hydroxyl groups is 1. The van der Waals surface area contributed by atoms with Gasteiger partial charge in [-0.1, -0.05) is 6.07 Å². The molecule has 3 heterocycles. The Morgan fingerprint density at radius 3 is 2.28 bits per heavy atom. The number of fused-ring (bicyclic) bond motifs is 1. The Kier molecular flexibility index (Phi) is 7.20. The summed E-state index contributed by atoms with van der Waals surface area (Å²) in [5.74, 6) is -1.44. The monoisotopic (exact) mass is 665 g/mol. The molecule has 1 N–H and O–H groups in total. The van der Waals surface area contributed by atoms with E-state index < -0.39 is 50.9 Å². The number of aryl methyl sites for hydroxylation is 2. The highest BCUT2D eigenvalue weighted by Gasteiger charge is 2.43. The first-order valence-electron chi connectivity index (χ1n) is 13.3. The maximum atomic E-state index is 15.1. The van der Waals surface area contributed by atoms with Gasteiger partial charge in [0.1, 0.15) is 11.5 Å². The van der Waals surface area contributed by atoms with Crippen molar-refractivity contribution >= 4 is 9.84 Å². The molecule has 16 heteroatoms. The average molecular weight is 666 g/mol. The topological polar surface area (TPSA) is 117 Å². The number of aliphatic hydroxyl groups excluding tert-OH is 1. The predicted octanol–water partition coefficient (Wildman–Crippen LogP) is 6.85. The van der Waals surface area contributed by atoms with Gasteiger partial charge in [0.15, 0.2) is 38.7 Å². The molecule has 1 aliphatic rings. The number of oxazole rings is 1. The minimum Gasteiger partial charge on any atom is -0.440 e. The molecular formula is C30H21F6N3O6S. The lowest BCUT2D eigenvalue weighted by Gasteiger charge is -2.15. The fraction of sp³-hybridized carbons (Fsp3) is 0.200. The van der Waals surface area contributed by atoms with Gasteiger partial charge in [-0.15, -0.1) is 8.78 Å². The fourth-order valence-electron chi connectivity index (χ4n) is 5.10. The SMILES string of the molecule is Cc1nc(-c2cc(-c3cc(F)c(CO)c(S(C)(=O)=O)c3)ccc2-n2nc(C(F)(F)F)cc2C)c(-c2ccc3c(c2)OC(F)(F)O3)o1. The van der Waals surface area contributed by atoms with E-state index in [1.165, 1.54) is 50.2 Å². The first-order chi connectivity index (χ1) is 21.4. The highest BCUT2D eigenvalue weighted by molar-refractivity contribution is 7.90. The molecule has 1 aliphatic heterocycles. The summed E-state index contributed by atoms with van der Waals surface area (Å²) in [6.07, 6.45) is -7.82. The van der Waals surface area contributed by atoms with Gasteiger partial charge < -0.3 is 19.0 Å². The number of ether oxygens (including phenoxy) is 2. The fourth-order valence-corrected chi connectivity index (χ4v) is 6.06. The van der Waals surface area contributed by atoms with Crippen LogP contribution in [0.25, 0.3) is 39.4 Å². The van der Waals surface area contributed by atoms with E-state index in [2.05, 4.69) is 19.6 Å². The first-order valence-corrected chi connectivity index (χ1v) is 15.1. The molecule has 0 spiro atoms. The highest BCUT2D eigenvalue weighted by atomic mass is 32.2.